The Morgan fingerprint density at radius 2 is 1.60 bits per heavy atom. The molecule has 3 N–H and O–H groups in total. The lowest BCUT2D eigenvalue weighted by Gasteiger charge is -2.53. The summed E-state index contributed by atoms with van der Waals surface area (Å²) in [5.74, 6) is -0.151. The molecule has 4 amide bonds. The van der Waals surface area contributed by atoms with Crippen molar-refractivity contribution in [2.75, 3.05) is 30.3 Å². The summed E-state index contributed by atoms with van der Waals surface area (Å²) in [5.41, 5.74) is 9.76. The van der Waals surface area contributed by atoms with Crippen LogP contribution >= 0.6 is 0 Å². The molecule has 6 aliphatic rings. The van der Waals surface area contributed by atoms with E-state index in [1.54, 1.807) is 16.8 Å². The first-order valence-electron chi connectivity index (χ1n) is 20.0. The zero-order valence-corrected chi connectivity index (χ0v) is 31.7. The van der Waals surface area contributed by atoms with Gasteiger partial charge in [0.1, 0.15) is 41.6 Å². The molecule has 11 rings (SSSR count). The van der Waals surface area contributed by atoms with Crippen molar-refractivity contribution in [3.8, 4) is 22.8 Å². The number of nitrogen functional groups attached to an aromatic ring is 1. The van der Waals surface area contributed by atoms with Gasteiger partial charge in [-0.05, 0) is 99.0 Å². The summed E-state index contributed by atoms with van der Waals surface area (Å²) in [5, 5.41) is 7.80. The van der Waals surface area contributed by atoms with E-state index < -0.39 is 41.9 Å². The Hall–Kier alpha value is -6.22. The van der Waals surface area contributed by atoms with E-state index in [4.69, 9.17) is 15.6 Å². The number of piperazine rings is 1. The van der Waals surface area contributed by atoms with Gasteiger partial charge >= 0.3 is 0 Å². The first-order valence-corrected chi connectivity index (χ1v) is 20.0. The number of piperidine rings is 3. The zero-order valence-electron chi connectivity index (χ0n) is 31.7. The van der Waals surface area contributed by atoms with E-state index >= 15 is 4.39 Å². The van der Waals surface area contributed by atoms with E-state index in [0.717, 1.165) is 60.8 Å². The molecule has 7 heterocycles. The minimum absolute atomic E-state index is 0.0751. The molecule has 58 heavy (non-hydrogen) atoms. The topological polar surface area (TPSA) is 169 Å². The lowest BCUT2D eigenvalue weighted by molar-refractivity contribution is -0.136. The van der Waals surface area contributed by atoms with Gasteiger partial charge in [-0.3, -0.25) is 34.3 Å². The number of alkyl halides is 1. The van der Waals surface area contributed by atoms with Crippen LogP contribution < -0.4 is 20.7 Å². The summed E-state index contributed by atoms with van der Waals surface area (Å²) in [4.78, 5) is 65.6. The van der Waals surface area contributed by atoms with E-state index in [1.807, 2.05) is 60.7 Å². The number of nitrogens with two attached hydrogens (primary N) is 1. The number of halogens is 1. The Kier molecular flexibility index (Phi) is 8.92. The van der Waals surface area contributed by atoms with E-state index in [-0.39, 0.29) is 42.0 Å². The smallest absolute Gasteiger partial charge is 0.262 e. The fourth-order valence-corrected chi connectivity index (χ4v) is 9.78. The number of carbonyl (C=O) groups excluding carboxylic acids is 4. The van der Waals surface area contributed by atoms with Crippen molar-refractivity contribution in [3.05, 3.63) is 90.3 Å². The highest BCUT2D eigenvalue weighted by molar-refractivity contribution is 6.23. The quantitative estimate of drug-likeness (QED) is 0.196. The minimum Gasteiger partial charge on any atom is -0.457 e. The summed E-state index contributed by atoms with van der Waals surface area (Å²) < 4.78 is 24.1. The van der Waals surface area contributed by atoms with Gasteiger partial charge in [-0.25, -0.2) is 19.0 Å². The largest absolute Gasteiger partial charge is 0.457 e. The molecule has 6 unspecified atom stereocenters. The maximum absolute atomic E-state index is 16.4. The van der Waals surface area contributed by atoms with Crippen molar-refractivity contribution >= 4 is 46.2 Å². The second-order valence-corrected chi connectivity index (χ2v) is 16.1. The summed E-state index contributed by atoms with van der Waals surface area (Å²) >= 11 is 0. The molecule has 14 nitrogen and oxygen atoms in total. The molecule has 0 spiro atoms. The van der Waals surface area contributed by atoms with Crippen molar-refractivity contribution in [3.63, 3.8) is 0 Å². The molecule has 4 saturated heterocycles. The second-order valence-electron chi connectivity index (χ2n) is 16.1. The number of benzene rings is 3. The first-order chi connectivity index (χ1) is 28.2. The third-order valence-electron chi connectivity index (χ3n) is 12.7. The van der Waals surface area contributed by atoms with Crippen LogP contribution in [0.4, 0.5) is 15.9 Å². The van der Waals surface area contributed by atoms with Crippen LogP contribution in [0.1, 0.15) is 71.7 Å². The number of nitrogens with one attached hydrogen (secondary N) is 1. The number of amides is 4. The van der Waals surface area contributed by atoms with Crippen LogP contribution in [-0.4, -0.2) is 97.1 Å². The van der Waals surface area contributed by atoms with Gasteiger partial charge in [0.25, 0.3) is 11.8 Å². The molecule has 2 bridgehead atoms. The van der Waals surface area contributed by atoms with Gasteiger partial charge in [0.15, 0.2) is 5.65 Å². The van der Waals surface area contributed by atoms with Crippen molar-refractivity contribution in [1.82, 2.24) is 34.9 Å². The van der Waals surface area contributed by atoms with Crippen LogP contribution in [-0.2, 0) is 9.59 Å². The molecule has 5 aliphatic heterocycles. The monoisotopic (exact) mass is 783 g/mol. The van der Waals surface area contributed by atoms with Gasteiger partial charge < -0.3 is 15.4 Å². The van der Waals surface area contributed by atoms with Gasteiger partial charge in [-0.2, -0.15) is 5.10 Å². The summed E-state index contributed by atoms with van der Waals surface area (Å²) in [7, 11) is 0. The zero-order chi connectivity index (χ0) is 39.7. The highest BCUT2D eigenvalue weighted by Crippen LogP contribution is 2.42. The van der Waals surface area contributed by atoms with Crippen molar-refractivity contribution < 1.29 is 28.3 Å². The van der Waals surface area contributed by atoms with Crippen molar-refractivity contribution in [2.45, 2.75) is 75.3 Å². The van der Waals surface area contributed by atoms with E-state index in [2.05, 4.69) is 25.1 Å². The molecule has 296 valence electrons. The molecular weight excluding hydrogens is 742 g/mol. The summed E-state index contributed by atoms with van der Waals surface area (Å²) in [6.45, 7) is 2.39. The molecular formula is C43H42FN9O5. The van der Waals surface area contributed by atoms with Gasteiger partial charge in [-0.15, -0.1) is 0 Å². The number of para-hydroxylation sites is 1. The lowest BCUT2D eigenvalue weighted by Crippen LogP contribution is -2.63. The fourth-order valence-electron chi connectivity index (χ4n) is 9.78. The summed E-state index contributed by atoms with van der Waals surface area (Å²) in [6.07, 6.45) is 4.36. The van der Waals surface area contributed by atoms with Crippen LogP contribution in [0.2, 0.25) is 0 Å². The first kappa shape index (κ1) is 36.1. The number of nitrogens with zero attached hydrogens (tertiary/aromatic N) is 7. The van der Waals surface area contributed by atoms with Crippen molar-refractivity contribution in [1.29, 1.82) is 0 Å². The number of hydrogen-bond acceptors (Lipinski definition) is 11. The van der Waals surface area contributed by atoms with Crippen LogP contribution in [0.3, 0.4) is 0 Å². The predicted octanol–water partition coefficient (Wildman–Crippen LogP) is 5.30. The normalized spacial score (nSPS) is 26.0. The molecule has 6 atom stereocenters. The highest BCUT2D eigenvalue weighted by atomic mass is 19.1. The minimum atomic E-state index is -1.13. The van der Waals surface area contributed by atoms with Gasteiger partial charge in [0.05, 0.1) is 22.6 Å². The van der Waals surface area contributed by atoms with Crippen LogP contribution in [0, 0.1) is 5.92 Å². The van der Waals surface area contributed by atoms with E-state index in [1.165, 1.54) is 6.33 Å². The molecule has 3 aromatic carbocycles. The van der Waals surface area contributed by atoms with Crippen molar-refractivity contribution in [2.24, 2.45) is 5.92 Å². The molecule has 5 aromatic rings. The van der Waals surface area contributed by atoms with E-state index in [0.29, 0.717) is 41.1 Å². The number of hydrogen-bond donors (Lipinski definition) is 2. The average molecular weight is 784 g/mol. The standard InChI is InChI=1S/C43H42FN9O5/c44-33-18-24(6-15-34(33)53-40-37(39(45)46-23-47-40)38(49-53)25-7-12-30(13-8-25)58-29-4-2-1-3-5-29)20-50-21-28-10-9-27(50)22-51(28)26-11-14-31-32(19-26)43(57)52(42(31)56)35-16-17-36(54)48-41(35)55/h1-5,7-8,11-14,19,23-24,27-28,33-35H,6,9-10,15-18,20-22H2,(H2,45,46,47)(H,48,54,55). The van der Waals surface area contributed by atoms with Crippen LogP contribution in [0.15, 0.2) is 79.1 Å². The number of ether oxygens (including phenoxy) is 1. The number of fused-ring (bicyclic) bond motifs is 5. The number of anilines is 2. The molecule has 5 fully saturated rings. The predicted molar refractivity (Wildman–Crippen MR) is 212 cm³/mol. The van der Waals surface area contributed by atoms with Crippen LogP contribution in [0.25, 0.3) is 22.3 Å². The Morgan fingerprint density at radius 3 is 2.36 bits per heavy atom. The third kappa shape index (κ3) is 6.24. The number of rotatable bonds is 8. The molecule has 0 radical (unpaired) electrons. The maximum Gasteiger partial charge on any atom is 0.262 e. The number of carbonyl (C=O) groups is 4. The lowest BCUT2D eigenvalue weighted by atomic mass is 9.82. The Bertz CT molecular complexity index is 2460. The van der Waals surface area contributed by atoms with Gasteiger partial charge in [0.2, 0.25) is 11.8 Å². The maximum atomic E-state index is 16.4. The SMILES string of the molecule is Nc1ncnc2c1c(-c1ccc(Oc3ccccc3)cc1)nn2C1CCC(CN2CC3CCC2CN3c2ccc3c(c2)C(=O)N(C2CCC(=O)NC2=O)C3=O)CC1F. The van der Waals surface area contributed by atoms with Crippen LogP contribution in [0.5, 0.6) is 11.5 Å². The fraction of sp³-hybridized carbons (Fsp3) is 0.372. The second kappa shape index (κ2) is 14.3. The van der Waals surface area contributed by atoms with E-state index in [9.17, 15) is 19.2 Å². The van der Waals surface area contributed by atoms with Gasteiger partial charge in [-0.1, -0.05) is 18.2 Å². The Morgan fingerprint density at radius 1 is 0.828 bits per heavy atom. The van der Waals surface area contributed by atoms with Gasteiger partial charge in [0, 0.05) is 49.4 Å². The third-order valence-corrected chi connectivity index (χ3v) is 12.7. The molecule has 1 saturated carbocycles. The Balaban J connectivity index is 0.803. The number of imide groups is 2. The average Bonchev–Trinajstić information content (AvgIpc) is 3.74. The highest BCUT2D eigenvalue weighted by Gasteiger charge is 2.46. The molecule has 1 aliphatic carbocycles. The molecule has 15 heteroatoms. The Labute approximate surface area is 333 Å². The number of aromatic nitrogens is 4. The summed E-state index contributed by atoms with van der Waals surface area (Å²) in [6, 6.07) is 21.4. The molecule has 2 aromatic heterocycles.